The molecule has 2 aliphatic rings. The van der Waals surface area contributed by atoms with E-state index in [2.05, 4.69) is 28.1 Å². The van der Waals surface area contributed by atoms with Gasteiger partial charge in [-0.25, -0.2) is 9.59 Å². The third-order valence-corrected chi connectivity index (χ3v) is 4.93. The second-order valence-corrected chi connectivity index (χ2v) is 8.69. The molecule has 1 unspecified atom stereocenters. The first kappa shape index (κ1) is 21.0. The van der Waals surface area contributed by atoms with E-state index in [1.807, 2.05) is 13.0 Å². The number of esters is 1. The summed E-state index contributed by atoms with van der Waals surface area (Å²) in [4.78, 5) is 26.4. The predicted octanol–water partition coefficient (Wildman–Crippen LogP) is 3.60. The highest BCUT2D eigenvalue weighted by Gasteiger charge is 2.26. The molecule has 6 nitrogen and oxygen atoms in total. The van der Waals surface area contributed by atoms with Crippen molar-refractivity contribution in [2.75, 3.05) is 18.0 Å². The summed E-state index contributed by atoms with van der Waals surface area (Å²) in [5.74, 6) is 5.37. The van der Waals surface area contributed by atoms with Gasteiger partial charge in [-0.15, -0.1) is 0 Å². The van der Waals surface area contributed by atoms with Crippen LogP contribution in [0.15, 0.2) is 12.1 Å². The van der Waals surface area contributed by atoms with E-state index in [1.165, 1.54) is 17.7 Å². The molecule has 1 aromatic rings. The number of carbonyl (C=O) groups is 2. The van der Waals surface area contributed by atoms with Crippen LogP contribution in [-0.2, 0) is 22.4 Å². The zero-order valence-electron chi connectivity index (χ0n) is 17.8. The Labute approximate surface area is 172 Å². The second kappa shape index (κ2) is 8.77. The molecule has 1 N–H and O–H groups in total. The first-order chi connectivity index (χ1) is 13.7. The Hall–Kier alpha value is -2.68. The van der Waals surface area contributed by atoms with Crippen molar-refractivity contribution in [3.05, 3.63) is 23.3 Å². The molecule has 2 aliphatic heterocycles. The van der Waals surface area contributed by atoms with Crippen molar-refractivity contribution in [3.8, 4) is 17.6 Å². The Bertz CT molecular complexity index is 843. The van der Waals surface area contributed by atoms with Gasteiger partial charge in [0, 0.05) is 42.7 Å². The first-order valence-electron chi connectivity index (χ1n) is 10.3. The van der Waals surface area contributed by atoms with Gasteiger partial charge in [0.05, 0.1) is 0 Å². The Morgan fingerprint density at radius 3 is 2.66 bits per heavy atom. The molecule has 1 amide bonds. The maximum Gasteiger partial charge on any atom is 0.407 e. The molecule has 0 aliphatic carbocycles. The molecule has 2 heterocycles. The summed E-state index contributed by atoms with van der Waals surface area (Å²) in [5, 5.41) is 2.70. The van der Waals surface area contributed by atoms with Crippen LogP contribution in [0.25, 0.3) is 0 Å². The molecule has 0 saturated carbocycles. The molecule has 156 valence electrons. The largest absolute Gasteiger partial charge is 0.444 e. The standard InChI is InChI=1S/C23H30N2O4/c1-16(24-22(27)29-23(2,3)4)8-5-11-20(26)28-19-13-12-17-9-6-14-25-15-7-10-18(19)21(17)25/h12-13,16H,6-10,14-15H2,1-4H3,(H,24,27). The quantitative estimate of drug-likeness (QED) is 0.365. The summed E-state index contributed by atoms with van der Waals surface area (Å²) < 4.78 is 10.8. The molecule has 3 rings (SSSR count). The Kier molecular flexibility index (Phi) is 6.36. The fourth-order valence-electron chi connectivity index (χ4n) is 3.80. The molecule has 0 aromatic heterocycles. The Balaban J connectivity index is 1.57. The van der Waals surface area contributed by atoms with Gasteiger partial charge in [0.1, 0.15) is 11.4 Å². The van der Waals surface area contributed by atoms with Crippen LogP contribution in [-0.4, -0.2) is 36.8 Å². The minimum absolute atomic E-state index is 0.233. The van der Waals surface area contributed by atoms with Crippen LogP contribution in [0.5, 0.6) is 5.75 Å². The average molecular weight is 399 g/mol. The zero-order chi connectivity index (χ0) is 21.0. The Morgan fingerprint density at radius 2 is 1.93 bits per heavy atom. The monoisotopic (exact) mass is 398 g/mol. The highest BCUT2D eigenvalue weighted by molar-refractivity contribution is 5.90. The summed E-state index contributed by atoms with van der Waals surface area (Å²) in [6.07, 6.45) is 4.08. The van der Waals surface area contributed by atoms with Crippen molar-refractivity contribution in [2.24, 2.45) is 0 Å². The third kappa shape index (κ3) is 5.66. The highest BCUT2D eigenvalue weighted by atomic mass is 16.6. The molecular weight excluding hydrogens is 368 g/mol. The molecule has 29 heavy (non-hydrogen) atoms. The summed E-state index contributed by atoms with van der Waals surface area (Å²) in [6.45, 7) is 9.37. The number of anilines is 1. The number of hydrogen-bond donors (Lipinski definition) is 1. The number of aryl methyl sites for hydroxylation is 1. The molecule has 0 spiro atoms. The SMILES string of the molecule is CC(CC#CC(=O)Oc1ccc2c3c1CCCN3CCC2)NC(=O)OC(C)(C)C. The zero-order valence-corrected chi connectivity index (χ0v) is 17.8. The van der Waals surface area contributed by atoms with Crippen LogP contribution >= 0.6 is 0 Å². The summed E-state index contributed by atoms with van der Waals surface area (Å²) in [5.41, 5.74) is 3.18. The number of rotatable bonds is 3. The van der Waals surface area contributed by atoms with Crippen LogP contribution in [0.2, 0.25) is 0 Å². The summed E-state index contributed by atoms with van der Waals surface area (Å²) in [6, 6.07) is 3.73. The van der Waals surface area contributed by atoms with E-state index in [4.69, 9.17) is 9.47 Å². The topological polar surface area (TPSA) is 67.9 Å². The van der Waals surface area contributed by atoms with Crippen molar-refractivity contribution < 1.29 is 19.1 Å². The number of alkyl carbamates (subject to hydrolysis) is 1. The molecule has 1 aromatic carbocycles. The smallest absolute Gasteiger partial charge is 0.407 e. The molecule has 0 radical (unpaired) electrons. The maximum absolute atomic E-state index is 12.2. The number of amides is 1. The minimum atomic E-state index is -0.571. The third-order valence-electron chi connectivity index (χ3n) is 4.93. The predicted molar refractivity (Wildman–Crippen MR) is 112 cm³/mol. The highest BCUT2D eigenvalue weighted by Crippen LogP contribution is 2.40. The van der Waals surface area contributed by atoms with E-state index in [-0.39, 0.29) is 6.04 Å². The van der Waals surface area contributed by atoms with E-state index in [0.717, 1.165) is 37.9 Å². The lowest BCUT2D eigenvalue weighted by Crippen LogP contribution is -2.37. The molecule has 0 bridgehead atoms. The van der Waals surface area contributed by atoms with Crippen molar-refractivity contribution in [1.29, 1.82) is 0 Å². The number of nitrogens with one attached hydrogen (secondary N) is 1. The van der Waals surface area contributed by atoms with Crippen LogP contribution in [0, 0.1) is 11.8 Å². The van der Waals surface area contributed by atoms with E-state index in [0.29, 0.717) is 12.2 Å². The van der Waals surface area contributed by atoms with Gasteiger partial charge in [-0.3, -0.25) is 0 Å². The van der Waals surface area contributed by atoms with Gasteiger partial charge in [-0.1, -0.05) is 12.0 Å². The summed E-state index contributed by atoms with van der Waals surface area (Å²) >= 11 is 0. The normalized spacial score (nSPS) is 16.1. The van der Waals surface area contributed by atoms with Gasteiger partial charge in [-0.2, -0.15) is 0 Å². The van der Waals surface area contributed by atoms with Gasteiger partial charge < -0.3 is 19.7 Å². The van der Waals surface area contributed by atoms with E-state index in [9.17, 15) is 9.59 Å². The van der Waals surface area contributed by atoms with E-state index < -0.39 is 17.7 Å². The van der Waals surface area contributed by atoms with Crippen LogP contribution in [0.1, 0.15) is 58.1 Å². The lowest BCUT2D eigenvalue weighted by atomic mass is 9.91. The summed E-state index contributed by atoms with van der Waals surface area (Å²) in [7, 11) is 0. The lowest BCUT2D eigenvalue weighted by Gasteiger charge is -2.37. The Morgan fingerprint density at radius 1 is 1.21 bits per heavy atom. The number of benzene rings is 1. The average Bonchev–Trinajstić information content (AvgIpc) is 2.62. The fraction of sp³-hybridized carbons (Fsp3) is 0.565. The van der Waals surface area contributed by atoms with Crippen LogP contribution in [0.4, 0.5) is 10.5 Å². The van der Waals surface area contributed by atoms with Gasteiger partial charge in [0.15, 0.2) is 0 Å². The second-order valence-electron chi connectivity index (χ2n) is 8.69. The molecule has 0 saturated heterocycles. The van der Waals surface area contributed by atoms with Crippen molar-refractivity contribution in [3.63, 3.8) is 0 Å². The van der Waals surface area contributed by atoms with Crippen LogP contribution < -0.4 is 15.0 Å². The number of hydrogen-bond acceptors (Lipinski definition) is 5. The maximum atomic E-state index is 12.2. The number of nitrogens with zero attached hydrogens (tertiary/aromatic N) is 1. The van der Waals surface area contributed by atoms with Gasteiger partial charge >= 0.3 is 12.1 Å². The van der Waals surface area contributed by atoms with Gasteiger partial charge in [0.2, 0.25) is 0 Å². The number of carbonyl (C=O) groups excluding carboxylic acids is 2. The molecule has 6 heteroatoms. The molecule has 0 fully saturated rings. The minimum Gasteiger partial charge on any atom is -0.444 e. The number of ether oxygens (including phenoxy) is 2. The molecular formula is C23H30N2O4. The van der Waals surface area contributed by atoms with Crippen LogP contribution in [0.3, 0.4) is 0 Å². The van der Waals surface area contributed by atoms with Gasteiger partial charge in [-0.05, 0) is 65.0 Å². The fourth-order valence-corrected chi connectivity index (χ4v) is 3.80. The van der Waals surface area contributed by atoms with Crippen molar-refractivity contribution in [1.82, 2.24) is 5.32 Å². The van der Waals surface area contributed by atoms with Crippen molar-refractivity contribution in [2.45, 2.75) is 71.4 Å². The first-order valence-corrected chi connectivity index (χ1v) is 10.3. The van der Waals surface area contributed by atoms with Crippen molar-refractivity contribution >= 4 is 17.7 Å². The van der Waals surface area contributed by atoms with E-state index in [1.54, 1.807) is 20.8 Å². The van der Waals surface area contributed by atoms with E-state index >= 15 is 0 Å². The lowest BCUT2D eigenvalue weighted by molar-refractivity contribution is -0.128. The molecule has 1 atom stereocenters. The van der Waals surface area contributed by atoms with Gasteiger partial charge in [0.25, 0.3) is 0 Å².